The van der Waals surface area contributed by atoms with E-state index in [9.17, 15) is 4.79 Å². The first-order valence-corrected chi connectivity index (χ1v) is 10.5. The minimum atomic E-state index is 0.127. The number of carbonyl (C=O) groups is 1. The van der Waals surface area contributed by atoms with Gasteiger partial charge in [-0.3, -0.25) is 14.7 Å². The number of amides is 1. The molecule has 2 aliphatic rings. The Balaban J connectivity index is 1.42. The molecule has 0 unspecified atom stereocenters. The molecular weight excluding hydrogens is 374 g/mol. The molecule has 0 aliphatic carbocycles. The second-order valence-electron chi connectivity index (χ2n) is 8.62. The molecule has 2 saturated heterocycles. The molecular formula is C25H27N3O2. The second kappa shape index (κ2) is 7.40. The van der Waals surface area contributed by atoms with Crippen LogP contribution in [0.2, 0.25) is 0 Å². The van der Waals surface area contributed by atoms with Crippen molar-refractivity contribution in [1.82, 2.24) is 14.8 Å². The van der Waals surface area contributed by atoms with Crippen molar-refractivity contribution < 1.29 is 9.53 Å². The van der Waals surface area contributed by atoms with Crippen molar-refractivity contribution in [1.29, 1.82) is 0 Å². The van der Waals surface area contributed by atoms with Crippen LogP contribution < -0.4 is 4.74 Å². The minimum Gasteiger partial charge on any atom is -0.497 e. The maximum atomic E-state index is 13.5. The van der Waals surface area contributed by atoms with Gasteiger partial charge in [0.25, 0.3) is 5.91 Å². The lowest BCUT2D eigenvalue weighted by atomic mass is 9.89. The largest absolute Gasteiger partial charge is 0.497 e. The molecule has 30 heavy (non-hydrogen) atoms. The van der Waals surface area contributed by atoms with E-state index < -0.39 is 0 Å². The standard InChI is InChI=1S/C25H27N3O2/c1-16-12-21(20-6-4-5-7-23(20)26-16)25(29)28-14-18-13-27(2)24(22(18)15-28)17-8-10-19(30-3)11-9-17/h4-12,18,22,24H,13-15H2,1-3H3/t18-,22+,24-/m0/s1. The average molecular weight is 402 g/mol. The molecule has 3 atom stereocenters. The van der Waals surface area contributed by atoms with Crippen molar-refractivity contribution in [2.45, 2.75) is 13.0 Å². The number of para-hydroxylation sites is 1. The first-order valence-electron chi connectivity index (χ1n) is 10.5. The molecule has 154 valence electrons. The molecule has 0 radical (unpaired) electrons. The third-order valence-electron chi connectivity index (χ3n) is 6.71. The van der Waals surface area contributed by atoms with Crippen LogP contribution in [0.1, 0.15) is 27.7 Å². The van der Waals surface area contributed by atoms with Crippen LogP contribution in [0.25, 0.3) is 10.9 Å². The third-order valence-corrected chi connectivity index (χ3v) is 6.71. The molecule has 0 bridgehead atoms. The Morgan fingerprint density at radius 2 is 1.83 bits per heavy atom. The summed E-state index contributed by atoms with van der Waals surface area (Å²) in [7, 11) is 3.89. The number of rotatable bonds is 3. The maximum absolute atomic E-state index is 13.5. The number of fused-ring (bicyclic) bond motifs is 2. The van der Waals surface area contributed by atoms with E-state index in [1.165, 1.54) is 5.56 Å². The van der Waals surface area contributed by atoms with E-state index >= 15 is 0 Å². The molecule has 3 heterocycles. The predicted octanol–water partition coefficient (Wildman–Crippen LogP) is 3.93. The van der Waals surface area contributed by atoms with Gasteiger partial charge in [0.1, 0.15) is 5.75 Å². The fraction of sp³-hybridized carbons (Fsp3) is 0.360. The fourth-order valence-electron chi connectivity index (χ4n) is 5.38. The van der Waals surface area contributed by atoms with Gasteiger partial charge in [0, 0.05) is 42.7 Å². The number of aromatic nitrogens is 1. The normalized spacial score (nSPS) is 23.7. The first-order chi connectivity index (χ1) is 14.5. The summed E-state index contributed by atoms with van der Waals surface area (Å²) in [6, 6.07) is 18.6. The zero-order valence-electron chi connectivity index (χ0n) is 17.7. The van der Waals surface area contributed by atoms with Crippen LogP contribution in [0.15, 0.2) is 54.6 Å². The smallest absolute Gasteiger partial charge is 0.254 e. The molecule has 2 aliphatic heterocycles. The number of carbonyl (C=O) groups excluding carboxylic acids is 1. The Bertz CT molecular complexity index is 1100. The van der Waals surface area contributed by atoms with Crippen LogP contribution in [0.4, 0.5) is 0 Å². The third kappa shape index (κ3) is 3.14. The highest BCUT2D eigenvalue weighted by molar-refractivity contribution is 6.06. The quantitative estimate of drug-likeness (QED) is 0.667. The number of pyridine rings is 1. The summed E-state index contributed by atoms with van der Waals surface area (Å²) in [5.74, 6) is 1.95. The van der Waals surface area contributed by atoms with E-state index in [-0.39, 0.29) is 5.91 Å². The van der Waals surface area contributed by atoms with Crippen LogP contribution in [-0.2, 0) is 0 Å². The Morgan fingerprint density at radius 3 is 2.60 bits per heavy atom. The van der Waals surface area contributed by atoms with Crippen molar-refractivity contribution in [3.8, 4) is 5.75 Å². The number of hydrogen-bond acceptors (Lipinski definition) is 4. The summed E-state index contributed by atoms with van der Waals surface area (Å²) in [6.07, 6.45) is 0. The summed E-state index contributed by atoms with van der Waals surface area (Å²) in [5, 5.41) is 0.939. The molecule has 5 heteroatoms. The molecule has 3 aromatic rings. The summed E-state index contributed by atoms with van der Waals surface area (Å²) in [4.78, 5) is 22.6. The molecule has 0 N–H and O–H groups in total. The predicted molar refractivity (Wildman–Crippen MR) is 118 cm³/mol. The number of aryl methyl sites for hydroxylation is 1. The average Bonchev–Trinajstić information content (AvgIpc) is 3.29. The Morgan fingerprint density at radius 1 is 1.07 bits per heavy atom. The zero-order valence-corrected chi connectivity index (χ0v) is 17.7. The van der Waals surface area contributed by atoms with Gasteiger partial charge >= 0.3 is 0 Å². The van der Waals surface area contributed by atoms with Crippen molar-refractivity contribution in [3.63, 3.8) is 0 Å². The van der Waals surface area contributed by atoms with Crippen LogP contribution in [-0.4, -0.2) is 54.5 Å². The van der Waals surface area contributed by atoms with Crippen LogP contribution in [0.3, 0.4) is 0 Å². The van der Waals surface area contributed by atoms with E-state index in [0.717, 1.165) is 47.5 Å². The van der Waals surface area contributed by atoms with Gasteiger partial charge in [-0.1, -0.05) is 30.3 Å². The van der Waals surface area contributed by atoms with Gasteiger partial charge < -0.3 is 9.64 Å². The Labute approximate surface area is 177 Å². The number of likely N-dealkylation sites (tertiary alicyclic amines) is 2. The monoisotopic (exact) mass is 401 g/mol. The molecule has 5 nitrogen and oxygen atoms in total. The fourth-order valence-corrected chi connectivity index (χ4v) is 5.38. The number of benzene rings is 2. The van der Waals surface area contributed by atoms with Crippen molar-refractivity contribution in [2.75, 3.05) is 33.8 Å². The number of methoxy groups -OCH3 is 1. The Hall–Kier alpha value is -2.92. The lowest BCUT2D eigenvalue weighted by Gasteiger charge is -2.27. The highest BCUT2D eigenvalue weighted by Gasteiger charge is 2.47. The summed E-state index contributed by atoms with van der Waals surface area (Å²) >= 11 is 0. The molecule has 0 spiro atoms. The lowest BCUT2D eigenvalue weighted by Crippen LogP contribution is -2.33. The zero-order chi connectivity index (χ0) is 20.8. The van der Waals surface area contributed by atoms with Crippen LogP contribution in [0, 0.1) is 18.8 Å². The van der Waals surface area contributed by atoms with Crippen molar-refractivity contribution in [3.05, 3.63) is 71.4 Å². The number of ether oxygens (including phenoxy) is 1. The van der Waals surface area contributed by atoms with Gasteiger partial charge in [0.2, 0.25) is 0 Å². The van der Waals surface area contributed by atoms with Crippen molar-refractivity contribution in [2.24, 2.45) is 11.8 Å². The van der Waals surface area contributed by atoms with Crippen molar-refractivity contribution >= 4 is 16.8 Å². The maximum Gasteiger partial charge on any atom is 0.254 e. The minimum absolute atomic E-state index is 0.127. The Kier molecular flexibility index (Phi) is 4.70. The van der Waals surface area contributed by atoms with E-state index in [1.807, 2.05) is 49.4 Å². The van der Waals surface area contributed by atoms with E-state index in [2.05, 4.69) is 34.0 Å². The van der Waals surface area contributed by atoms with Gasteiger partial charge in [0.15, 0.2) is 0 Å². The first kappa shape index (κ1) is 19.1. The topological polar surface area (TPSA) is 45.7 Å². The summed E-state index contributed by atoms with van der Waals surface area (Å²) in [6.45, 7) is 4.58. The highest BCUT2D eigenvalue weighted by Crippen LogP contribution is 2.44. The van der Waals surface area contributed by atoms with Crippen LogP contribution in [0.5, 0.6) is 5.75 Å². The molecule has 1 amide bonds. The molecule has 5 rings (SSSR count). The van der Waals surface area contributed by atoms with Gasteiger partial charge in [-0.05, 0) is 49.7 Å². The van der Waals surface area contributed by atoms with Gasteiger partial charge in [-0.2, -0.15) is 0 Å². The second-order valence-corrected chi connectivity index (χ2v) is 8.62. The summed E-state index contributed by atoms with van der Waals surface area (Å²) < 4.78 is 5.32. The van der Waals surface area contributed by atoms with Gasteiger partial charge in [0.05, 0.1) is 18.2 Å². The highest BCUT2D eigenvalue weighted by atomic mass is 16.5. The molecule has 1 aromatic heterocycles. The number of hydrogen-bond donors (Lipinski definition) is 0. The summed E-state index contributed by atoms with van der Waals surface area (Å²) in [5.41, 5.74) is 3.83. The van der Waals surface area contributed by atoms with E-state index in [1.54, 1.807) is 7.11 Å². The molecule has 2 aromatic carbocycles. The SMILES string of the molecule is COc1ccc([C@H]2[C@@H]3CN(C(=O)c4cc(C)nc5ccccc45)C[C@@H]3CN2C)cc1. The molecule has 0 saturated carbocycles. The number of nitrogens with zero attached hydrogens (tertiary/aromatic N) is 3. The van der Waals surface area contributed by atoms with Gasteiger partial charge in [-0.25, -0.2) is 0 Å². The molecule has 2 fully saturated rings. The van der Waals surface area contributed by atoms with Crippen LogP contribution >= 0.6 is 0 Å². The van der Waals surface area contributed by atoms with E-state index in [0.29, 0.717) is 17.9 Å². The van der Waals surface area contributed by atoms with Gasteiger partial charge in [-0.15, -0.1) is 0 Å². The van der Waals surface area contributed by atoms with E-state index in [4.69, 9.17) is 4.74 Å². The lowest BCUT2D eigenvalue weighted by molar-refractivity contribution is 0.0769.